The summed E-state index contributed by atoms with van der Waals surface area (Å²) >= 11 is 0. The van der Waals surface area contributed by atoms with Crippen molar-refractivity contribution in [2.75, 3.05) is 0 Å². The molecule has 0 aliphatic carbocycles. The van der Waals surface area contributed by atoms with E-state index in [4.69, 9.17) is 0 Å². The van der Waals surface area contributed by atoms with Crippen molar-refractivity contribution in [3.8, 4) is 0 Å². The van der Waals surface area contributed by atoms with Crippen molar-refractivity contribution >= 4 is 0 Å². The number of fused-ring (bicyclic) bond motifs is 10. The van der Waals surface area contributed by atoms with Crippen molar-refractivity contribution in [2.45, 2.75) is 53.1 Å². The van der Waals surface area contributed by atoms with Gasteiger partial charge in [-0.25, -0.2) is 0 Å². The third kappa shape index (κ3) is 0.241. The zero-order chi connectivity index (χ0) is 18.9. The quantitative estimate of drug-likeness (QED) is 0.294. The molecule has 4 atom stereocenters. The van der Waals surface area contributed by atoms with Gasteiger partial charge in [0.05, 0.1) is 0 Å². The molecule has 10 fully saturated rings. The maximum atomic E-state index is 2.51. The van der Waals surface area contributed by atoms with Gasteiger partial charge in [0.25, 0.3) is 0 Å². The van der Waals surface area contributed by atoms with Gasteiger partial charge in [0.1, 0.15) is 0 Å². The molecule has 0 saturated carbocycles. The van der Waals surface area contributed by atoms with Crippen LogP contribution in [0.4, 0.5) is 0 Å². The summed E-state index contributed by atoms with van der Waals surface area (Å²) in [5.74, 6) is 0. The van der Waals surface area contributed by atoms with Crippen molar-refractivity contribution < 1.29 is 6.51 Å². The molecule has 10 saturated heterocycles. The van der Waals surface area contributed by atoms with Crippen LogP contribution in [-0.2, 0) is 11.9 Å². The fourth-order valence-corrected chi connectivity index (χ4v) is 95.6. The molecule has 4 unspecified atom stereocenters. The van der Waals surface area contributed by atoms with Crippen LogP contribution in [0.2, 0.25) is 47.7 Å². The summed E-state index contributed by atoms with van der Waals surface area (Å²) in [7, 11) is 0. The molecule has 0 aromatic heterocycles. The van der Waals surface area contributed by atoms with Crippen LogP contribution < -0.4 is 0 Å². The van der Waals surface area contributed by atoms with Gasteiger partial charge >= 0.3 is 167 Å². The predicted molar refractivity (Wildman–Crippen MR) is 116 cm³/mol. The van der Waals surface area contributed by atoms with Crippen molar-refractivity contribution in [1.82, 2.24) is 0 Å². The van der Waals surface area contributed by atoms with Crippen LogP contribution in [0.3, 0.4) is 0 Å². The van der Waals surface area contributed by atoms with Crippen LogP contribution >= 0.6 is 0 Å². The van der Waals surface area contributed by atoms with E-state index in [-0.39, 0.29) is 5.41 Å². The second-order valence-corrected chi connectivity index (χ2v) is 38.1. The minimum atomic E-state index is -3.42. The topological polar surface area (TPSA) is 0 Å². The molecule has 148 valence electrons. The Balaban J connectivity index is 1.31. The SMILES string of the molecule is c1ccc(C(c2ccccc2)(c2ccccc2)[C]23[CH]4[CH]5[CH]6[CH]2[Fe]56432789[CH]3[CH]2[CH]7[CH]8[CH]39)cc1. The summed E-state index contributed by atoms with van der Waals surface area (Å²) in [4.78, 5) is 11.9. The predicted octanol–water partition coefficient (Wildman–Crippen LogP) is 7.78. The van der Waals surface area contributed by atoms with Gasteiger partial charge in [-0.15, -0.1) is 0 Å². The Bertz CT molecular complexity index is 1590. The molecule has 1 heteroatoms. The van der Waals surface area contributed by atoms with Crippen LogP contribution in [0, 0.1) is 0 Å². The zero-order valence-electron chi connectivity index (χ0n) is 16.7. The van der Waals surface area contributed by atoms with E-state index < -0.39 is 6.51 Å². The molecule has 0 amide bonds. The molecule has 3 aromatic rings. The fourth-order valence-electron chi connectivity index (χ4n) is 20.5. The molecule has 0 N–H and O–H groups in total. The van der Waals surface area contributed by atoms with Crippen LogP contribution in [0.25, 0.3) is 0 Å². The number of rotatable bonds is 4. The van der Waals surface area contributed by atoms with E-state index in [1.54, 1.807) is 16.7 Å². The third-order valence-corrected chi connectivity index (χ3v) is 61.3. The molecule has 1 spiro atoms. The second kappa shape index (κ2) is 1.65. The van der Waals surface area contributed by atoms with E-state index in [1.807, 2.05) is 0 Å². The molecule has 10 heterocycles. The average Bonchev–Trinajstić information content (AvgIpc) is 3.76. The first-order chi connectivity index (χ1) is 14.6. The fraction of sp³-hybridized carbons (Fsp3) is 0.379. The molecule has 0 nitrogen and oxygen atoms in total. The van der Waals surface area contributed by atoms with Gasteiger partial charge in [0, 0.05) is 0 Å². The minimum absolute atomic E-state index is 0.117. The number of benzene rings is 3. The summed E-state index contributed by atoms with van der Waals surface area (Å²) in [6.45, 7) is -3.42. The molecular weight excluding hydrogens is 404 g/mol. The van der Waals surface area contributed by atoms with Gasteiger partial charge in [0.2, 0.25) is 0 Å². The number of hydrogen-bond donors (Lipinski definition) is 0. The van der Waals surface area contributed by atoms with Gasteiger partial charge in [-0.05, 0) is 0 Å². The molecule has 10 aliphatic heterocycles. The Morgan fingerprint density at radius 2 is 0.800 bits per heavy atom. The molecule has 0 radical (unpaired) electrons. The normalized spacial score (nSPS) is 72.9. The average molecular weight is 428 g/mol. The van der Waals surface area contributed by atoms with Crippen LogP contribution in [0.5, 0.6) is 0 Å². The first-order valence-electron chi connectivity index (χ1n) is 12.0. The van der Waals surface area contributed by atoms with Crippen molar-refractivity contribution in [3.05, 3.63) is 108 Å². The van der Waals surface area contributed by atoms with E-state index in [2.05, 4.69) is 91.0 Å². The van der Waals surface area contributed by atoms with Crippen molar-refractivity contribution in [1.29, 1.82) is 0 Å². The standard InChI is InChI=1S/C24H19.C5H5.Fe/c1-4-12-20(13-5-1)24(23-18-10-11-19-23,21-14-6-2-7-15-21)22-16-8-3-9-17-22;1-2-4-5-3-1;/h1-19H;1-5H;. The molecular formula is C29H24Fe. The molecule has 10 aliphatic rings. The molecule has 3 aromatic carbocycles. The first-order valence-corrected chi connectivity index (χ1v) is 18.3. The van der Waals surface area contributed by atoms with E-state index >= 15 is 0 Å². The van der Waals surface area contributed by atoms with Gasteiger partial charge in [0.15, 0.2) is 0 Å². The monoisotopic (exact) mass is 428 g/mol. The first kappa shape index (κ1) is 12.9. The van der Waals surface area contributed by atoms with Crippen molar-refractivity contribution in [2.24, 2.45) is 0 Å². The van der Waals surface area contributed by atoms with Gasteiger partial charge in [-0.1, -0.05) is 0 Å². The van der Waals surface area contributed by atoms with E-state index in [1.165, 1.54) is 43.3 Å². The van der Waals surface area contributed by atoms with Gasteiger partial charge < -0.3 is 0 Å². The Hall–Kier alpha value is -1.82. The van der Waals surface area contributed by atoms with E-state index in [0.29, 0.717) is 0 Å². The van der Waals surface area contributed by atoms with Gasteiger partial charge in [-0.2, -0.15) is 0 Å². The Kier molecular flexibility index (Phi) is 0.710. The third-order valence-electron chi connectivity index (χ3n) is 18.9. The molecule has 13 rings (SSSR count). The molecule has 0 bridgehead atoms. The van der Waals surface area contributed by atoms with Crippen LogP contribution in [0.15, 0.2) is 91.0 Å². The summed E-state index contributed by atoms with van der Waals surface area (Å²) in [5, 5.41) is 0. The van der Waals surface area contributed by atoms with Gasteiger partial charge in [-0.3, -0.25) is 0 Å². The Labute approximate surface area is 167 Å². The Morgan fingerprint density at radius 3 is 1.03 bits per heavy atom. The van der Waals surface area contributed by atoms with Crippen LogP contribution in [-0.4, -0.2) is 0 Å². The number of hydrogen-bond acceptors (Lipinski definition) is 0. The van der Waals surface area contributed by atoms with Crippen LogP contribution in [0.1, 0.15) is 16.7 Å². The van der Waals surface area contributed by atoms with Crippen molar-refractivity contribution in [3.63, 3.8) is 0 Å². The summed E-state index contributed by atoms with van der Waals surface area (Å²) < 4.78 is 0.718. The Morgan fingerprint density at radius 1 is 0.467 bits per heavy atom. The van der Waals surface area contributed by atoms with E-state index in [0.717, 1.165) is 4.31 Å². The second-order valence-electron chi connectivity index (χ2n) is 14.5. The molecule has 30 heavy (non-hydrogen) atoms. The zero-order valence-corrected chi connectivity index (χ0v) is 17.8. The summed E-state index contributed by atoms with van der Waals surface area (Å²) in [6, 6.07) is 35.6. The summed E-state index contributed by atoms with van der Waals surface area (Å²) in [6.07, 6.45) is 0. The summed E-state index contributed by atoms with van der Waals surface area (Å²) in [5.41, 5.74) is 4.98. The van der Waals surface area contributed by atoms with E-state index in [9.17, 15) is 0 Å². The maximum absolute atomic E-state index is 3.42.